The molecule has 0 amide bonds. The lowest BCUT2D eigenvalue weighted by Gasteiger charge is -2.05. The monoisotopic (exact) mass is 411 g/mol. The van der Waals surface area contributed by atoms with Gasteiger partial charge in [-0.2, -0.15) is 0 Å². The molecule has 5 nitrogen and oxygen atoms in total. The SMILES string of the molecule is O=c1c(-c2cccc(O)c2)cnc2c(-c3ccc(Sc4ccccc4)cc3)c[nH]n12. The fraction of sp³-hybridized carbons (Fsp3) is 0. The molecular weight excluding hydrogens is 394 g/mol. The summed E-state index contributed by atoms with van der Waals surface area (Å²) < 4.78 is 1.43. The lowest BCUT2D eigenvalue weighted by Crippen LogP contribution is -2.16. The molecule has 0 fully saturated rings. The summed E-state index contributed by atoms with van der Waals surface area (Å²) in [7, 11) is 0. The maximum Gasteiger partial charge on any atom is 0.280 e. The molecule has 146 valence electrons. The number of nitrogens with one attached hydrogen (secondary N) is 1. The van der Waals surface area contributed by atoms with Gasteiger partial charge in [0.1, 0.15) is 5.75 Å². The molecule has 2 N–H and O–H groups in total. The summed E-state index contributed by atoms with van der Waals surface area (Å²) >= 11 is 1.70. The lowest BCUT2D eigenvalue weighted by atomic mass is 10.1. The van der Waals surface area contributed by atoms with Crippen molar-refractivity contribution in [1.82, 2.24) is 14.6 Å². The Hall–Kier alpha value is -3.77. The van der Waals surface area contributed by atoms with Gasteiger partial charge in [-0.05, 0) is 47.5 Å². The highest BCUT2D eigenvalue weighted by Gasteiger charge is 2.13. The molecule has 0 bridgehead atoms. The summed E-state index contributed by atoms with van der Waals surface area (Å²) in [6.45, 7) is 0. The number of aromatic nitrogens is 3. The van der Waals surface area contributed by atoms with E-state index in [2.05, 4.69) is 34.3 Å². The Bertz CT molecular complexity index is 1390. The Kier molecular flexibility index (Phi) is 4.61. The third-order valence-corrected chi connectivity index (χ3v) is 5.86. The van der Waals surface area contributed by atoms with E-state index in [9.17, 15) is 9.90 Å². The third kappa shape index (κ3) is 3.38. The number of hydrogen-bond donors (Lipinski definition) is 2. The quantitative estimate of drug-likeness (QED) is 0.426. The molecule has 0 aliphatic heterocycles. The summed E-state index contributed by atoms with van der Waals surface area (Å²) in [6.07, 6.45) is 3.35. The fourth-order valence-corrected chi connectivity index (χ4v) is 4.21. The van der Waals surface area contributed by atoms with Crippen LogP contribution in [0.2, 0.25) is 0 Å². The molecule has 0 unspecified atom stereocenters. The predicted molar refractivity (Wildman–Crippen MR) is 119 cm³/mol. The van der Waals surface area contributed by atoms with Gasteiger partial charge in [-0.1, -0.05) is 54.2 Å². The smallest absolute Gasteiger partial charge is 0.280 e. The molecule has 5 aromatic rings. The Morgan fingerprint density at radius 2 is 1.60 bits per heavy atom. The lowest BCUT2D eigenvalue weighted by molar-refractivity contribution is 0.475. The highest BCUT2D eigenvalue weighted by Crippen LogP contribution is 2.30. The number of aromatic hydroxyl groups is 1. The van der Waals surface area contributed by atoms with Gasteiger partial charge in [-0.25, -0.2) is 9.50 Å². The number of aromatic amines is 1. The minimum Gasteiger partial charge on any atom is -0.508 e. The van der Waals surface area contributed by atoms with Gasteiger partial charge < -0.3 is 5.11 Å². The highest BCUT2D eigenvalue weighted by molar-refractivity contribution is 7.99. The van der Waals surface area contributed by atoms with Crippen LogP contribution in [0.25, 0.3) is 27.9 Å². The highest BCUT2D eigenvalue weighted by atomic mass is 32.2. The van der Waals surface area contributed by atoms with Crippen LogP contribution in [0.1, 0.15) is 0 Å². The van der Waals surface area contributed by atoms with Crippen molar-refractivity contribution in [2.24, 2.45) is 0 Å². The summed E-state index contributed by atoms with van der Waals surface area (Å²) in [6, 6.07) is 25.0. The van der Waals surface area contributed by atoms with Crippen molar-refractivity contribution in [2.45, 2.75) is 9.79 Å². The van der Waals surface area contributed by atoms with E-state index in [1.165, 1.54) is 9.41 Å². The molecule has 0 aliphatic rings. The van der Waals surface area contributed by atoms with Crippen LogP contribution in [-0.4, -0.2) is 19.7 Å². The van der Waals surface area contributed by atoms with E-state index in [1.807, 2.05) is 30.3 Å². The number of phenols is 1. The number of hydrogen-bond acceptors (Lipinski definition) is 4. The average molecular weight is 411 g/mol. The van der Waals surface area contributed by atoms with Gasteiger partial charge >= 0.3 is 0 Å². The number of rotatable bonds is 4. The summed E-state index contributed by atoms with van der Waals surface area (Å²) in [5.74, 6) is 0.109. The zero-order chi connectivity index (χ0) is 20.5. The van der Waals surface area contributed by atoms with Gasteiger partial charge in [-0.15, -0.1) is 0 Å². The molecule has 6 heteroatoms. The van der Waals surface area contributed by atoms with Gasteiger partial charge in [0, 0.05) is 27.7 Å². The summed E-state index contributed by atoms with van der Waals surface area (Å²) in [5, 5.41) is 12.7. The van der Waals surface area contributed by atoms with Gasteiger partial charge in [0.15, 0.2) is 5.65 Å². The maximum atomic E-state index is 12.9. The van der Waals surface area contributed by atoms with Crippen LogP contribution >= 0.6 is 11.8 Å². The van der Waals surface area contributed by atoms with E-state index in [0.29, 0.717) is 16.8 Å². The van der Waals surface area contributed by atoms with Crippen molar-refractivity contribution < 1.29 is 5.11 Å². The van der Waals surface area contributed by atoms with Crippen LogP contribution in [0.15, 0.2) is 106 Å². The van der Waals surface area contributed by atoms with Gasteiger partial charge in [-0.3, -0.25) is 9.89 Å². The van der Waals surface area contributed by atoms with Crippen LogP contribution in [0.4, 0.5) is 0 Å². The average Bonchev–Trinajstić information content (AvgIpc) is 3.20. The number of H-pyrrole nitrogens is 1. The maximum absolute atomic E-state index is 12.9. The van der Waals surface area contributed by atoms with Crippen molar-refractivity contribution in [3.05, 3.63) is 102 Å². The standard InChI is InChI=1S/C24H17N3O2S/c28-18-6-4-5-17(13-18)22-14-25-23-21(15-26-27(23)24(22)29)16-9-11-20(12-10-16)30-19-7-2-1-3-8-19/h1-15,26,28H. The van der Waals surface area contributed by atoms with E-state index in [4.69, 9.17) is 0 Å². The first-order valence-corrected chi connectivity index (χ1v) is 10.2. The summed E-state index contributed by atoms with van der Waals surface area (Å²) in [5.41, 5.74) is 3.22. The number of fused-ring (bicyclic) bond motifs is 1. The Labute approximate surface area is 176 Å². The molecule has 0 aliphatic carbocycles. The van der Waals surface area contributed by atoms with Gasteiger partial charge in [0.2, 0.25) is 0 Å². The normalized spacial score (nSPS) is 11.1. The van der Waals surface area contributed by atoms with Crippen molar-refractivity contribution >= 4 is 17.4 Å². The third-order valence-electron chi connectivity index (χ3n) is 4.84. The molecule has 5 rings (SSSR count). The second-order valence-electron chi connectivity index (χ2n) is 6.81. The molecule has 3 aromatic carbocycles. The minimum atomic E-state index is -0.215. The molecule has 2 heterocycles. The van der Waals surface area contributed by atoms with Crippen LogP contribution in [0.5, 0.6) is 5.75 Å². The van der Waals surface area contributed by atoms with E-state index in [0.717, 1.165) is 16.0 Å². The van der Waals surface area contributed by atoms with Crippen LogP contribution in [-0.2, 0) is 0 Å². The van der Waals surface area contributed by atoms with E-state index in [1.54, 1.807) is 48.4 Å². The Balaban J connectivity index is 1.49. The molecule has 30 heavy (non-hydrogen) atoms. The largest absolute Gasteiger partial charge is 0.508 e. The van der Waals surface area contributed by atoms with Crippen molar-refractivity contribution in [1.29, 1.82) is 0 Å². The number of phenolic OH excluding ortho intramolecular Hbond substituents is 1. The van der Waals surface area contributed by atoms with Crippen molar-refractivity contribution in [2.75, 3.05) is 0 Å². The molecule has 0 saturated carbocycles. The van der Waals surface area contributed by atoms with E-state index < -0.39 is 0 Å². The molecule has 2 aromatic heterocycles. The molecule has 0 spiro atoms. The second-order valence-corrected chi connectivity index (χ2v) is 7.96. The fourth-order valence-electron chi connectivity index (χ4n) is 3.37. The second kappa shape index (κ2) is 7.57. The molecule has 0 atom stereocenters. The van der Waals surface area contributed by atoms with Crippen molar-refractivity contribution in [3.8, 4) is 28.0 Å². The summed E-state index contributed by atoms with van der Waals surface area (Å²) in [4.78, 5) is 19.8. The van der Waals surface area contributed by atoms with Crippen molar-refractivity contribution in [3.63, 3.8) is 0 Å². The molecule has 0 radical (unpaired) electrons. The zero-order valence-electron chi connectivity index (χ0n) is 15.8. The topological polar surface area (TPSA) is 70.4 Å². The van der Waals surface area contributed by atoms with E-state index >= 15 is 0 Å². The molecular formula is C24H17N3O2S. The number of nitrogens with zero attached hydrogens (tertiary/aromatic N) is 2. The zero-order valence-corrected chi connectivity index (χ0v) is 16.6. The minimum absolute atomic E-state index is 0.109. The van der Waals surface area contributed by atoms with Gasteiger partial charge in [0.05, 0.1) is 5.56 Å². The van der Waals surface area contributed by atoms with Crippen LogP contribution in [0.3, 0.4) is 0 Å². The first kappa shape index (κ1) is 18.3. The van der Waals surface area contributed by atoms with Crippen LogP contribution in [0, 0.1) is 0 Å². The first-order chi connectivity index (χ1) is 14.7. The first-order valence-electron chi connectivity index (χ1n) is 9.41. The van der Waals surface area contributed by atoms with E-state index in [-0.39, 0.29) is 11.3 Å². The predicted octanol–water partition coefficient (Wildman–Crippen LogP) is 5.21. The van der Waals surface area contributed by atoms with Crippen LogP contribution < -0.4 is 5.56 Å². The number of benzene rings is 3. The molecule has 0 saturated heterocycles. The Morgan fingerprint density at radius 3 is 2.37 bits per heavy atom. The Morgan fingerprint density at radius 1 is 0.833 bits per heavy atom. The van der Waals surface area contributed by atoms with Gasteiger partial charge in [0.25, 0.3) is 5.56 Å².